The number of likely N-dealkylation sites (N-methyl/N-ethyl adjacent to an activating group) is 2. The first kappa shape index (κ1) is 20.2. The van der Waals surface area contributed by atoms with Crippen LogP contribution in [0.25, 0.3) is 10.8 Å². The van der Waals surface area contributed by atoms with Gasteiger partial charge in [0.25, 0.3) is 0 Å². The minimum absolute atomic E-state index is 0.173. The molecule has 26 heavy (non-hydrogen) atoms. The first-order chi connectivity index (χ1) is 12.4. The number of carbonyl (C=O) groups is 1. The van der Waals surface area contributed by atoms with Crippen molar-refractivity contribution in [1.29, 1.82) is 0 Å². The third kappa shape index (κ3) is 3.99. The van der Waals surface area contributed by atoms with Crippen LogP contribution < -0.4 is 4.74 Å². The quantitative estimate of drug-likeness (QED) is 0.708. The summed E-state index contributed by atoms with van der Waals surface area (Å²) in [6.45, 7) is 7.03. The molecule has 2 rings (SSSR count). The number of nitrogens with zero attached hydrogens (tertiary/aromatic N) is 2. The van der Waals surface area contributed by atoms with E-state index in [9.17, 15) is 13.2 Å². The molecule has 0 aromatic heterocycles. The van der Waals surface area contributed by atoms with Crippen molar-refractivity contribution in [1.82, 2.24) is 9.21 Å². The summed E-state index contributed by atoms with van der Waals surface area (Å²) in [7, 11) is -2.38. The predicted octanol–water partition coefficient (Wildman–Crippen LogP) is 2.73. The standard InChI is InChI=1S/C19H26N2O4S/c1-5-21(6-2)19(22)14-20(4)26(23,24)18-13-12-17(25-7-3)15-10-8-9-11-16(15)18/h8-13H,5-7,14H2,1-4H3. The number of hydrogen-bond acceptors (Lipinski definition) is 4. The smallest absolute Gasteiger partial charge is 0.243 e. The molecule has 2 aromatic rings. The van der Waals surface area contributed by atoms with E-state index >= 15 is 0 Å². The Hall–Kier alpha value is -2.12. The number of ether oxygens (including phenoxy) is 1. The monoisotopic (exact) mass is 378 g/mol. The first-order valence-corrected chi connectivity index (χ1v) is 10.2. The van der Waals surface area contributed by atoms with Gasteiger partial charge in [-0.2, -0.15) is 4.31 Å². The van der Waals surface area contributed by atoms with E-state index in [0.29, 0.717) is 30.8 Å². The highest BCUT2D eigenvalue weighted by Gasteiger charge is 2.26. The second kappa shape index (κ2) is 8.51. The molecule has 0 spiro atoms. The number of rotatable bonds is 8. The SMILES string of the molecule is CCOc1ccc(S(=O)(=O)N(C)CC(=O)N(CC)CC)c2ccccc12. The molecule has 0 saturated carbocycles. The Labute approximate surface area is 155 Å². The van der Waals surface area contributed by atoms with Crippen LogP contribution in [0.2, 0.25) is 0 Å². The molecule has 142 valence electrons. The first-order valence-electron chi connectivity index (χ1n) is 8.75. The average Bonchev–Trinajstić information content (AvgIpc) is 2.63. The van der Waals surface area contributed by atoms with Crippen molar-refractivity contribution in [2.45, 2.75) is 25.7 Å². The van der Waals surface area contributed by atoms with Gasteiger partial charge in [0.2, 0.25) is 15.9 Å². The van der Waals surface area contributed by atoms with Gasteiger partial charge in [-0.25, -0.2) is 8.42 Å². The van der Waals surface area contributed by atoms with Crippen molar-refractivity contribution >= 4 is 26.7 Å². The van der Waals surface area contributed by atoms with Crippen molar-refractivity contribution in [3.63, 3.8) is 0 Å². The predicted molar refractivity (Wildman–Crippen MR) is 103 cm³/mol. The second-order valence-corrected chi connectivity index (χ2v) is 7.88. The van der Waals surface area contributed by atoms with Crippen molar-refractivity contribution in [2.24, 2.45) is 0 Å². The van der Waals surface area contributed by atoms with E-state index in [1.165, 1.54) is 7.05 Å². The maximum atomic E-state index is 13.1. The van der Waals surface area contributed by atoms with E-state index in [2.05, 4.69) is 0 Å². The molecule has 6 nitrogen and oxygen atoms in total. The fourth-order valence-electron chi connectivity index (χ4n) is 2.87. The van der Waals surface area contributed by atoms with E-state index in [-0.39, 0.29) is 17.3 Å². The van der Waals surface area contributed by atoms with Crippen LogP contribution in [0.4, 0.5) is 0 Å². The molecule has 0 bridgehead atoms. The molecular formula is C19H26N2O4S. The normalized spacial score (nSPS) is 11.7. The van der Waals surface area contributed by atoms with Gasteiger partial charge >= 0.3 is 0 Å². The Bertz CT molecular complexity index is 876. The lowest BCUT2D eigenvalue weighted by Crippen LogP contribution is -2.41. The minimum Gasteiger partial charge on any atom is -0.493 e. The Kier molecular flexibility index (Phi) is 6.61. The lowest BCUT2D eigenvalue weighted by Gasteiger charge is -2.23. The molecule has 2 aromatic carbocycles. The van der Waals surface area contributed by atoms with E-state index in [1.54, 1.807) is 29.2 Å². The van der Waals surface area contributed by atoms with Crippen LogP contribution in [0.15, 0.2) is 41.3 Å². The zero-order valence-corrected chi connectivity index (χ0v) is 16.5. The van der Waals surface area contributed by atoms with Gasteiger partial charge in [-0.3, -0.25) is 4.79 Å². The number of benzene rings is 2. The second-order valence-electron chi connectivity index (χ2n) is 5.87. The van der Waals surface area contributed by atoms with Gasteiger partial charge in [0.15, 0.2) is 0 Å². The van der Waals surface area contributed by atoms with Crippen molar-refractivity contribution in [3.8, 4) is 5.75 Å². The molecule has 0 radical (unpaired) electrons. The molecule has 0 saturated heterocycles. The number of hydrogen-bond donors (Lipinski definition) is 0. The van der Waals surface area contributed by atoms with Crippen molar-refractivity contribution < 1.29 is 17.9 Å². The largest absolute Gasteiger partial charge is 0.493 e. The summed E-state index contributed by atoms with van der Waals surface area (Å²) in [5, 5.41) is 1.32. The van der Waals surface area contributed by atoms with Gasteiger partial charge in [0, 0.05) is 30.9 Å². The van der Waals surface area contributed by atoms with Gasteiger partial charge in [-0.15, -0.1) is 0 Å². The minimum atomic E-state index is -3.81. The average molecular weight is 378 g/mol. The van der Waals surface area contributed by atoms with Gasteiger partial charge in [0.1, 0.15) is 5.75 Å². The number of amides is 1. The summed E-state index contributed by atoms with van der Waals surface area (Å²) >= 11 is 0. The van der Waals surface area contributed by atoms with E-state index in [0.717, 1.165) is 9.69 Å². The highest BCUT2D eigenvalue weighted by atomic mass is 32.2. The fourth-order valence-corrected chi connectivity index (χ4v) is 4.18. The van der Waals surface area contributed by atoms with E-state index in [4.69, 9.17) is 4.74 Å². The molecule has 1 amide bonds. The van der Waals surface area contributed by atoms with Crippen LogP contribution in [0.5, 0.6) is 5.75 Å². The van der Waals surface area contributed by atoms with E-state index < -0.39 is 10.0 Å². The Morgan fingerprint density at radius 2 is 1.62 bits per heavy atom. The highest BCUT2D eigenvalue weighted by molar-refractivity contribution is 7.89. The molecule has 0 heterocycles. The molecule has 0 N–H and O–H groups in total. The molecule has 0 fully saturated rings. The summed E-state index contributed by atoms with van der Waals surface area (Å²) in [6.07, 6.45) is 0. The Balaban J connectivity index is 2.43. The summed E-state index contributed by atoms with van der Waals surface area (Å²) in [5.41, 5.74) is 0. The lowest BCUT2D eigenvalue weighted by atomic mass is 10.1. The number of carbonyl (C=O) groups excluding carboxylic acids is 1. The summed E-state index contributed by atoms with van der Waals surface area (Å²) in [4.78, 5) is 14.1. The highest BCUT2D eigenvalue weighted by Crippen LogP contribution is 2.32. The van der Waals surface area contributed by atoms with Crippen LogP contribution in [0.3, 0.4) is 0 Å². The number of fused-ring (bicyclic) bond motifs is 1. The van der Waals surface area contributed by atoms with Crippen LogP contribution in [-0.4, -0.2) is 56.8 Å². The molecule has 0 aliphatic carbocycles. The van der Waals surface area contributed by atoms with Crippen LogP contribution in [0.1, 0.15) is 20.8 Å². The summed E-state index contributed by atoms with van der Waals surface area (Å²) < 4.78 is 32.8. The molecule has 0 atom stereocenters. The zero-order valence-electron chi connectivity index (χ0n) is 15.7. The zero-order chi connectivity index (χ0) is 19.3. The summed E-state index contributed by atoms with van der Waals surface area (Å²) in [5.74, 6) is 0.431. The van der Waals surface area contributed by atoms with Crippen molar-refractivity contribution in [3.05, 3.63) is 36.4 Å². The van der Waals surface area contributed by atoms with Crippen LogP contribution >= 0.6 is 0 Å². The van der Waals surface area contributed by atoms with Gasteiger partial charge < -0.3 is 9.64 Å². The third-order valence-electron chi connectivity index (χ3n) is 4.31. The van der Waals surface area contributed by atoms with Crippen molar-refractivity contribution in [2.75, 3.05) is 33.3 Å². The lowest BCUT2D eigenvalue weighted by molar-refractivity contribution is -0.130. The Morgan fingerprint density at radius 3 is 2.19 bits per heavy atom. The third-order valence-corrected chi connectivity index (χ3v) is 6.17. The topological polar surface area (TPSA) is 66.9 Å². The van der Waals surface area contributed by atoms with Gasteiger partial charge in [-0.05, 0) is 32.9 Å². The van der Waals surface area contributed by atoms with Gasteiger partial charge in [-0.1, -0.05) is 24.3 Å². The maximum Gasteiger partial charge on any atom is 0.243 e. The summed E-state index contributed by atoms with van der Waals surface area (Å²) in [6, 6.07) is 10.4. The van der Waals surface area contributed by atoms with Crippen LogP contribution in [-0.2, 0) is 14.8 Å². The Morgan fingerprint density at radius 1 is 1.00 bits per heavy atom. The van der Waals surface area contributed by atoms with E-state index in [1.807, 2.05) is 32.9 Å². The molecule has 0 unspecified atom stereocenters. The number of sulfonamides is 1. The molecule has 7 heteroatoms. The molecular weight excluding hydrogens is 352 g/mol. The van der Waals surface area contributed by atoms with Crippen LogP contribution in [0, 0.1) is 0 Å². The van der Waals surface area contributed by atoms with Gasteiger partial charge in [0.05, 0.1) is 18.0 Å². The fraction of sp³-hybridized carbons (Fsp3) is 0.421. The maximum absolute atomic E-state index is 13.1. The molecule has 0 aliphatic heterocycles. The molecule has 0 aliphatic rings.